The van der Waals surface area contributed by atoms with Crippen LogP contribution in [-0.2, 0) is 42.2 Å². The van der Waals surface area contributed by atoms with Crippen LogP contribution in [0.25, 0.3) is 0 Å². The molecule has 0 radical (unpaired) electrons. The second-order valence-corrected chi connectivity index (χ2v) is 16.2. The van der Waals surface area contributed by atoms with Crippen molar-refractivity contribution in [2.45, 2.75) is 241 Å². The van der Waals surface area contributed by atoms with Gasteiger partial charge in [-0.05, 0) is 97.9 Å². The Morgan fingerprint density at radius 2 is 0.630 bits per heavy atom. The molecule has 0 bridgehead atoms. The number of aryl methyl sites for hydroxylation is 4. The van der Waals surface area contributed by atoms with Crippen LogP contribution in [0.15, 0.2) is 46.4 Å². The average Bonchev–Trinajstić information content (AvgIpc) is 3.16. The van der Waals surface area contributed by atoms with Crippen LogP contribution in [0.5, 0.6) is 0 Å². The SMILES string of the molecule is CCCCCCCCCCCCCCCCCCCCCC(=Nc1ccc(CCC)c(CCC)c1)C(CCCC)=Nc1ccc(CCC)c(CCC)c1.[Ni]. The Kier molecular flexibility index (Phi) is 32.1. The molecule has 2 aromatic carbocycles. The minimum Gasteiger partial charge on any atom is -0.252 e. The van der Waals surface area contributed by atoms with E-state index >= 15 is 0 Å². The van der Waals surface area contributed by atoms with E-state index in [1.165, 1.54) is 188 Å². The monoisotopic (exact) mass is 785 g/mol. The molecule has 0 saturated heterocycles. The molecule has 0 amide bonds. The van der Waals surface area contributed by atoms with E-state index in [1.807, 2.05) is 0 Å². The third kappa shape index (κ3) is 22.7. The van der Waals surface area contributed by atoms with E-state index in [0.29, 0.717) is 0 Å². The molecule has 2 rings (SSSR count). The van der Waals surface area contributed by atoms with Crippen LogP contribution >= 0.6 is 0 Å². The molecular weight excluding hydrogens is 699 g/mol. The summed E-state index contributed by atoms with van der Waals surface area (Å²) in [6, 6.07) is 14.0. The number of benzene rings is 2. The van der Waals surface area contributed by atoms with Crippen molar-refractivity contribution in [1.29, 1.82) is 0 Å². The second kappa shape index (κ2) is 34.5. The Labute approximate surface area is 347 Å². The molecule has 0 spiro atoms. The van der Waals surface area contributed by atoms with Crippen molar-refractivity contribution in [3.63, 3.8) is 0 Å². The molecule has 3 heteroatoms. The first-order chi connectivity index (χ1) is 26.1. The molecule has 0 aliphatic heterocycles. The van der Waals surface area contributed by atoms with Crippen molar-refractivity contribution in [2.24, 2.45) is 9.98 Å². The third-order valence-corrected chi connectivity index (χ3v) is 11.1. The molecule has 0 aliphatic rings. The molecule has 310 valence electrons. The summed E-state index contributed by atoms with van der Waals surface area (Å²) in [6.45, 7) is 13.8. The van der Waals surface area contributed by atoms with Crippen LogP contribution < -0.4 is 0 Å². The number of nitrogens with zero attached hydrogens (tertiary/aromatic N) is 2. The molecule has 0 fully saturated rings. The van der Waals surface area contributed by atoms with Gasteiger partial charge in [0.25, 0.3) is 0 Å². The Morgan fingerprint density at radius 3 is 0.963 bits per heavy atom. The van der Waals surface area contributed by atoms with Crippen LogP contribution in [-0.4, -0.2) is 11.4 Å². The molecule has 0 saturated carbocycles. The maximum absolute atomic E-state index is 5.46. The van der Waals surface area contributed by atoms with E-state index in [-0.39, 0.29) is 16.5 Å². The van der Waals surface area contributed by atoms with E-state index in [0.717, 1.165) is 56.3 Å². The van der Waals surface area contributed by atoms with Gasteiger partial charge in [-0.15, -0.1) is 0 Å². The Balaban J connectivity index is 0.0000146. The van der Waals surface area contributed by atoms with Crippen molar-refractivity contribution < 1.29 is 16.5 Å². The van der Waals surface area contributed by atoms with Crippen LogP contribution in [0.3, 0.4) is 0 Å². The molecule has 2 aromatic rings. The summed E-state index contributed by atoms with van der Waals surface area (Å²) < 4.78 is 0. The molecule has 2 nitrogen and oxygen atoms in total. The number of hydrogen-bond donors (Lipinski definition) is 0. The maximum Gasteiger partial charge on any atom is 0.0636 e. The Bertz CT molecular complexity index is 1240. The molecule has 0 N–H and O–H groups in total. The van der Waals surface area contributed by atoms with Gasteiger partial charge in [-0.2, -0.15) is 0 Å². The largest absolute Gasteiger partial charge is 0.252 e. The fourth-order valence-electron chi connectivity index (χ4n) is 7.95. The van der Waals surface area contributed by atoms with E-state index in [9.17, 15) is 0 Å². The van der Waals surface area contributed by atoms with Gasteiger partial charge < -0.3 is 0 Å². The van der Waals surface area contributed by atoms with Crippen molar-refractivity contribution in [1.82, 2.24) is 0 Å². The van der Waals surface area contributed by atoms with Gasteiger partial charge in [0, 0.05) is 16.5 Å². The van der Waals surface area contributed by atoms with E-state index < -0.39 is 0 Å². The molecular formula is C51H86N2Ni. The van der Waals surface area contributed by atoms with Crippen LogP contribution in [0.2, 0.25) is 0 Å². The first-order valence-electron chi connectivity index (χ1n) is 23.5. The number of unbranched alkanes of at least 4 members (excludes halogenated alkanes) is 19. The predicted molar refractivity (Wildman–Crippen MR) is 241 cm³/mol. The number of aliphatic imine (C=N–C) groups is 2. The van der Waals surface area contributed by atoms with E-state index in [1.54, 1.807) is 0 Å². The topological polar surface area (TPSA) is 24.7 Å². The van der Waals surface area contributed by atoms with Crippen molar-refractivity contribution >= 4 is 22.8 Å². The van der Waals surface area contributed by atoms with Gasteiger partial charge in [-0.1, -0.05) is 201 Å². The zero-order valence-corrected chi connectivity index (χ0v) is 37.6. The molecule has 0 atom stereocenters. The summed E-state index contributed by atoms with van der Waals surface area (Å²) in [5.41, 5.74) is 10.7. The summed E-state index contributed by atoms with van der Waals surface area (Å²) in [7, 11) is 0. The van der Waals surface area contributed by atoms with Crippen LogP contribution in [0.4, 0.5) is 11.4 Å². The minimum absolute atomic E-state index is 0. The number of hydrogen-bond acceptors (Lipinski definition) is 2. The molecule has 0 heterocycles. The average molecular weight is 786 g/mol. The maximum atomic E-state index is 5.46. The van der Waals surface area contributed by atoms with Crippen LogP contribution in [0, 0.1) is 0 Å². The minimum atomic E-state index is 0. The van der Waals surface area contributed by atoms with Gasteiger partial charge in [0.15, 0.2) is 0 Å². The summed E-state index contributed by atoms with van der Waals surface area (Å²) in [6.07, 6.45) is 40.5. The first kappa shape index (κ1) is 50.3. The third-order valence-electron chi connectivity index (χ3n) is 11.1. The molecule has 0 aliphatic carbocycles. The first-order valence-corrected chi connectivity index (χ1v) is 23.5. The summed E-state index contributed by atoms with van der Waals surface area (Å²) in [4.78, 5) is 10.9. The van der Waals surface area contributed by atoms with E-state index in [2.05, 4.69) is 77.9 Å². The summed E-state index contributed by atoms with van der Waals surface area (Å²) in [5.74, 6) is 0. The Hall–Kier alpha value is -1.73. The smallest absolute Gasteiger partial charge is 0.0636 e. The standard InChI is InChI=1S/C51H86N2.Ni/c1-7-13-15-16-17-18-19-20-21-22-23-24-25-26-27-28-29-30-31-37-51(53-49-41-39-45(33-10-4)47(43-49)35-12-6)50(36-14-8-2)52-48-40-38-44(32-9-3)46(42-48)34-11-5;/h38-43H,7-37H2,1-6H3;. The van der Waals surface area contributed by atoms with Gasteiger partial charge >= 0.3 is 0 Å². The number of rotatable bonds is 34. The van der Waals surface area contributed by atoms with Gasteiger partial charge in [-0.3, -0.25) is 9.98 Å². The second-order valence-electron chi connectivity index (χ2n) is 16.2. The van der Waals surface area contributed by atoms with Crippen LogP contribution in [0.1, 0.15) is 237 Å². The van der Waals surface area contributed by atoms with Crippen molar-refractivity contribution in [3.05, 3.63) is 58.7 Å². The zero-order valence-electron chi connectivity index (χ0n) is 36.6. The van der Waals surface area contributed by atoms with Gasteiger partial charge in [0.2, 0.25) is 0 Å². The van der Waals surface area contributed by atoms with E-state index in [4.69, 9.17) is 9.98 Å². The fourth-order valence-corrected chi connectivity index (χ4v) is 7.95. The van der Waals surface area contributed by atoms with Gasteiger partial charge in [-0.25, -0.2) is 0 Å². The van der Waals surface area contributed by atoms with Crippen molar-refractivity contribution in [3.8, 4) is 0 Å². The quantitative estimate of drug-likeness (QED) is 0.0384. The predicted octanol–water partition coefficient (Wildman–Crippen LogP) is 17.4. The molecule has 54 heavy (non-hydrogen) atoms. The molecule has 0 unspecified atom stereocenters. The van der Waals surface area contributed by atoms with Gasteiger partial charge in [0.05, 0.1) is 22.8 Å². The summed E-state index contributed by atoms with van der Waals surface area (Å²) >= 11 is 0. The van der Waals surface area contributed by atoms with Gasteiger partial charge in [0.1, 0.15) is 0 Å². The fraction of sp³-hybridized carbons (Fsp3) is 0.725. The van der Waals surface area contributed by atoms with Crippen molar-refractivity contribution in [2.75, 3.05) is 0 Å². The molecule has 0 aromatic heterocycles. The Morgan fingerprint density at radius 1 is 0.333 bits per heavy atom. The zero-order chi connectivity index (χ0) is 38.2. The summed E-state index contributed by atoms with van der Waals surface area (Å²) in [5, 5.41) is 0. The normalized spacial score (nSPS) is 12.0.